The van der Waals surface area contributed by atoms with Crippen molar-refractivity contribution in [3.8, 4) is 0 Å². The summed E-state index contributed by atoms with van der Waals surface area (Å²) in [6, 6.07) is 8.73. The number of carbonyl (C=O) groups is 5. The Kier molecular flexibility index (Phi) is 14.6. The van der Waals surface area contributed by atoms with Crippen molar-refractivity contribution in [2.45, 2.75) is 65.0 Å². The average Bonchev–Trinajstić information content (AvgIpc) is 4.01. The molecule has 1 aliphatic rings. The van der Waals surface area contributed by atoms with Gasteiger partial charge in [-0.2, -0.15) is 4.98 Å². The van der Waals surface area contributed by atoms with E-state index in [4.69, 9.17) is 15.5 Å². The van der Waals surface area contributed by atoms with Crippen molar-refractivity contribution in [3.05, 3.63) is 116 Å². The fraction of sp³-hybridized carbons (Fsp3) is 0.302. The standard InChI is InChI=1S/C43H48N12O8/c1-23-30(19-32-34(63-3)20-31(52-32)28-7-6-16-45-28)50-24(2)37(23)33(56)8-4-5-9-35(57)46-17-18-47-36(58)15-14-29(42(61)62)53-40(59)25-10-12-26(13-11-25)48-21-27-22-49-39-38(51-27)41(60)55-43(44)54-39/h6-7,10-13,16,19-20,22,29,45,48,50H,4-5,8-9,14-15,17-18,21H2,1-3H3,(H,46,57)(H,47,58)(H,53,59)(H,61,62)(H3,44,49,54,55,60)/b32-19-/t29-/m0/s1. The number of hydrogen-bond donors (Lipinski definition) is 9. The molecule has 0 unspecified atom stereocenters. The highest BCUT2D eigenvalue weighted by atomic mass is 16.5. The number of carboxylic acids is 1. The fourth-order valence-electron chi connectivity index (χ4n) is 6.82. The van der Waals surface area contributed by atoms with Crippen LogP contribution in [0.15, 0.2) is 76.1 Å². The van der Waals surface area contributed by atoms with E-state index in [2.05, 4.69) is 51.2 Å². The number of amides is 3. The molecule has 5 heterocycles. The molecule has 328 valence electrons. The van der Waals surface area contributed by atoms with Crippen LogP contribution < -0.4 is 32.6 Å². The molecule has 0 bridgehead atoms. The van der Waals surface area contributed by atoms with Gasteiger partial charge < -0.3 is 46.8 Å². The molecule has 6 rings (SSSR count). The SMILES string of the molecule is COC1=CC(c2ccc[nH]2)=N/C1=C\c1[nH]c(C)c(C(=O)CCCCC(=O)NCCNC(=O)CC[C@H](NC(=O)c2ccc(NCc3cnc4nc(N)[nH]c(=O)c4n3)cc2)C(=O)O)c1C. The number of aromatic amines is 3. The molecule has 1 atom stereocenters. The summed E-state index contributed by atoms with van der Waals surface area (Å²) in [5.74, 6) is -2.08. The molecule has 0 saturated carbocycles. The Hall–Kier alpha value is -7.90. The molecule has 10 N–H and O–H groups in total. The molecule has 1 aliphatic heterocycles. The van der Waals surface area contributed by atoms with Gasteiger partial charge in [0.05, 0.1) is 37.0 Å². The van der Waals surface area contributed by atoms with Crippen LogP contribution in [0.4, 0.5) is 11.6 Å². The van der Waals surface area contributed by atoms with E-state index >= 15 is 0 Å². The van der Waals surface area contributed by atoms with Gasteiger partial charge in [-0.15, -0.1) is 0 Å². The van der Waals surface area contributed by atoms with E-state index < -0.39 is 29.4 Å². The number of rotatable bonds is 21. The first-order valence-corrected chi connectivity index (χ1v) is 20.1. The van der Waals surface area contributed by atoms with E-state index in [1.807, 2.05) is 44.3 Å². The van der Waals surface area contributed by atoms with Crippen molar-refractivity contribution >= 4 is 64.1 Å². The number of allylic oxidation sites excluding steroid dienone is 1. The van der Waals surface area contributed by atoms with Crippen LogP contribution >= 0.6 is 0 Å². The van der Waals surface area contributed by atoms with Crippen LogP contribution in [0, 0.1) is 13.8 Å². The molecule has 1 aromatic carbocycles. The highest BCUT2D eigenvalue weighted by Crippen LogP contribution is 2.28. The second kappa shape index (κ2) is 20.6. The van der Waals surface area contributed by atoms with Crippen LogP contribution in [0.5, 0.6) is 0 Å². The molecule has 0 radical (unpaired) electrons. The Balaban J connectivity index is 0.858. The van der Waals surface area contributed by atoms with Crippen LogP contribution in [0.1, 0.15) is 87.6 Å². The van der Waals surface area contributed by atoms with E-state index in [0.29, 0.717) is 41.2 Å². The molecular formula is C43H48N12O8. The summed E-state index contributed by atoms with van der Waals surface area (Å²) < 4.78 is 5.54. The number of methoxy groups -OCH3 is 1. The Labute approximate surface area is 360 Å². The maximum Gasteiger partial charge on any atom is 0.326 e. The number of nitrogens with two attached hydrogens (primary N) is 1. The summed E-state index contributed by atoms with van der Waals surface area (Å²) in [4.78, 5) is 101. The molecule has 0 spiro atoms. The smallest absolute Gasteiger partial charge is 0.326 e. The lowest BCUT2D eigenvalue weighted by Gasteiger charge is -2.15. The summed E-state index contributed by atoms with van der Waals surface area (Å²) in [6.07, 6.45) is 8.12. The molecule has 0 saturated heterocycles. The Morgan fingerprint density at radius 2 is 1.68 bits per heavy atom. The third-order valence-electron chi connectivity index (χ3n) is 10.1. The van der Waals surface area contributed by atoms with E-state index in [9.17, 15) is 33.9 Å². The number of H-pyrrole nitrogens is 3. The number of anilines is 2. The maximum atomic E-state index is 13.2. The zero-order valence-electron chi connectivity index (χ0n) is 34.9. The molecule has 4 aromatic heterocycles. The second-order valence-corrected chi connectivity index (χ2v) is 14.6. The summed E-state index contributed by atoms with van der Waals surface area (Å²) in [5, 5.41) is 20.6. The van der Waals surface area contributed by atoms with E-state index in [1.54, 1.807) is 19.2 Å². The van der Waals surface area contributed by atoms with Gasteiger partial charge in [0.1, 0.15) is 17.5 Å². The number of hydrogen-bond acceptors (Lipinski definition) is 13. The summed E-state index contributed by atoms with van der Waals surface area (Å²) in [6.45, 7) is 4.22. The lowest BCUT2D eigenvalue weighted by molar-refractivity contribution is -0.139. The normalized spacial score (nSPS) is 13.3. The largest absolute Gasteiger partial charge is 0.494 e. The number of carbonyl (C=O) groups excluding carboxylic acids is 4. The van der Waals surface area contributed by atoms with Gasteiger partial charge in [0, 0.05) is 72.8 Å². The van der Waals surface area contributed by atoms with Gasteiger partial charge >= 0.3 is 5.97 Å². The predicted octanol–water partition coefficient (Wildman–Crippen LogP) is 3.19. The topological polar surface area (TPSA) is 304 Å². The van der Waals surface area contributed by atoms with Gasteiger partial charge in [0.2, 0.25) is 17.8 Å². The molecule has 20 heteroatoms. The molecule has 20 nitrogen and oxygen atoms in total. The number of ketones is 1. The summed E-state index contributed by atoms with van der Waals surface area (Å²) in [7, 11) is 1.58. The third-order valence-corrected chi connectivity index (χ3v) is 10.1. The van der Waals surface area contributed by atoms with Crippen LogP contribution in [0.2, 0.25) is 0 Å². The monoisotopic (exact) mass is 860 g/mol. The molecular weight excluding hydrogens is 813 g/mol. The number of aromatic nitrogens is 6. The van der Waals surface area contributed by atoms with Crippen LogP contribution in [0.25, 0.3) is 17.2 Å². The number of aryl methyl sites for hydroxylation is 1. The van der Waals surface area contributed by atoms with Crippen molar-refractivity contribution in [2.75, 3.05) is 31.2 Å². The Morgan fingerprint density at radius 1 is 0.952 bits per heavy atom. The number of fused-ring (bicyclic) bond motifs is 1. The number of Topliss-reactive ketones (excluding diaryl/α,β-unsaturated/α-hetero) is 1. The van der Waals surface area contributed by atoms with Gasteiger partial charge in [-0.1, -0.05) is 0 Å². The second-order valence-electron chi connectivity index (χ2n) is 14.6. The number of nitrogens with zero attached hydrogens (tertiary/aromatic N) is 4. The quantitative estimate of drug-likeness (QED) is 0.0379. The number of carboxylic acid groups (broad SMARTS) is 1. The van der Waals surface area contributed by atoms with Crippen molar-refractivity contribution in [1.29, 1.82) is 0 Å². The summed E-state index contributed by atoms with van der Waals surface area (Å²) >= 11 is 0. The van der Waals surface area contributed by atoms with Gasteiger partial charge in [-0.25, -0.2) is 19.8 Å². The van der Waals surface area contributed by atoms with Crippen molar-refractivity contribution < 1.29 is 33.8 Å². The van der Waals surface area contributed by atoms with Gasteiger partial charge in [-0.3, -0.25) is 29.0 Å². The third kappa shape index (κ3) is 11.7. The van der Waals surface area contributed by atoms with Crippen LogP contribution in [0.3, 0.4) is 0 Å². The highest BCUT2D eigenvalue weighted by molar-refractivity contribution is 6.11. The first-order chi connectivity index (χ1) is 30.3. The van der Waals surface area contributed by atoms with Crippen molar-refractivity contribution in [3.63, 3.8) is 0 Å². The minimum Gasteiger partial charge on any atom is -0.494 e. The number of nitrogen functional groups attached to an aromatic ring is 1. The van der Waals surface area contributed by atoms with E-state index in [1.165, 1.54) is 18.3 Å². The zero-order valence-corrected chi connectivity index (χ0v) is 34.9. The number of nitrogens with one attached hydrogen (secondary N) is 7. The van der Waals surface area contributed by atoms with Crippen molar-refractivity contribution in [2.24, 2.45) is 4.99 Å². The lowest BCUT2D eigenvalue weighted by atomic mass is 10.0. The van der Waals surface area contributed by atoms with Gasteiger partial charge in [0.25, 0.3) is 11.5 Å². The number of aliphatic imine (C=N–C) groups is 1. The van der Waals surface area contributed by atoms with Crippen LogP contribution in [-0.4, -0.2) is 96.4 Å². The van der Waals surface area contributed by atoms with Crippen molar-refractivity contribution in [1.82, 2.24) is 45.9 Å². The summed E-state index contributed by atoms with van der Waals surface area (Å²) in [5.41, 5.74) is 11.6. The van der Waals surface area contributed by atoms with E-state index in [-0.39, 0.29) is 79.7 Å². The number of benzene rings is 1. The minimum atomic E-state index is -1.33. The molecule has 5 aromatic rings. The van der Waals surface area contributed by atoms with Gasteiger partial charge in [0.15, 0.2) is 16.9 Å². The molecule has 3 amide bonds. The Morgan fingerprint density at radius 3 is 2.38 bits per heavy atom. The Bertz CT molecular complexity index is 2660. The predicted molar refractivity (Wildman–Crippen MR) is 234 cm³/mol. The first kappa shape index (κ1) is 44.6. The highest BCUT2D eigenvalue weighted by Gasteiger charge is 2.23. The molecule has 0 fully saturated rings. The van der Waals surface area contributed by atoms with Crippen LogP contribution in [-0.2, 0) is 25.7 Å². The number of aliphatic carboxylic acids is 1. The number of ether oxygens (including phenoxy) is 1. The number of unbranched alkanes of at least 4 members (excludes halogenated alkanes) is 1. The van der Waals surface area contributed by atoms with E-state index in [0.717, 1.165) is 28.4 Å². The average molecular weight is 861 g/mol. The first-order valence-electron chi connectivity index (χ1n) is 20.1. The lowest BCUT2D eigenvalue weighted by Crippen LogP contribution is -2.42. The maximum absolute atomic E-state index is 13.2. The molecule has 0 aliphatic carbocycles. The fourth-order valence-corrected chi connectivity index (χ4v) is 6.82. The zero-order chi connectivity index (χ0) is 45.0. The minimum absolute atomic E-state index is 0.0250. The van der Waals surface area contributed by atoms with Gasteiger partial charge in [-0.05, 0) is 81.1 Å². The molecule has 63 heavy (non-hydrogen) atoms.